The van der Waals surface area contributed by atoms with Crippen molar-refractivity contribution >= 4 is 0 Å². The van der Waals surface area contributed by atoms with Crippen LogP contribution in [0.15, 0.2) is 0 Å². The smallest absolute Gasteiger partial charge is 0.0883 e. The van der Waals surface area contributed by atoms with Gasteiger partial charge < -0.3 is 14.9 Å². The minimum Gasteiger partial charge on any atom is -0.393 e. The van der Waals surface area contributed by atoms with Gasteiger partial charge in [-0.25, -0.2) is 0 Å². The third kappa shape index (κ3) is 4.22. The number of hydrogen-bond acceptors (Lipinski definition) is 3. The van der Waals surface area contributed by atoms with E-state index in [1.807, 2.05) is 0 Å². The van der Waals surface area contributed by atoms with E-state index in [1.54, 1.807) is 7.11 Å². The molecule has 0 spiro atoms. The van der Waals surface area contributed by atoms with E-state index < -0.39 is 5.60 Å². The first-order valence-corrected chi connectivity index (χ1v) is 13.9. The number of aliphatic hydroxyl groups excluding tert-OH is 1. The molecule has 10 atom stereocenters. The van der Waals surface area contributed by atoms with E-state index >= 15 is 0 Å². The Balaban J connectivity index is 1.47. The molecule has 2 N–H and O–H groups in total. The van der Waals surface area contributed by atoms with Crippen LogP contribution in [-0.2, 0) is 4.74 Å². The molecule has 0 radical (unpaired) electrons. The Labute approximate surface area is 198 Å². The molecule has 4 aliphatic rings. The van der Waals surface area contributed by atoms with Crippen molar-refractivity contribution in [3.8, 4) is 0 Å². The molecule has 0 amide bonds. The maximum atomic E-state index is 11.1. The van der Waals surface area contributed by atoms with Gasteiger partial charge in [0.05, 0.1) is 18.3 Å². The Morgan fingerprint density at radius 3 is 2.28 bits per heavy atom. The van der Waals surface area contributed by atoms with Crippen LogP contribution in [0, 0.1) is 52.3 Å². The van der Waals surface area contributed by atoms with Gasteiger partial charge in [-0.2, -0.15) is 0 Å². The summed E-state index contributed by atoms with van der Waals surface area (Å²) < 4.78 is 5.39. The lowest BCUT2D eigenvalue weighted by Gasteiger charge is -2.62. The molecule has 0 bridgehead atoms. The largest absolute Gasteiger partial charge is 0.393 e. The first-order valence-electron chi connectivity index (χ1n) is 13.9. The van der Waals surface area contributed by atoms with Gasteiger partial charge in [0, 0.05) is 7.11 Å². The number of ether oxygens (including phenoxy) is 1. The van der Waals surface area contributed by atoms with E-state index in [-0.39, 0.29) is 6.10 Å². The molecular weight excluding hydrogens is 396 g/mol. The number of rotatable bonds is 7. The molecule has 4 fully saturated rings. The number of aliphatic hydroxyl groups is 2. The summed E-state index contributed by atoms with van der Waals surface area (Å²) in [7, 11) is 1.72. The summed E-state index contributed by atoms with van der Waals surface area (Å²) in [6, 6.07) is 0. The second kappa shape index (κ2) is 9.15. The van der Waals surface area contributed by atoms with Crippen LogP contribution < -0.4 is 0 Å². The molecule has 0 aliphatic heterocycles. The molecule has 0 heterocycles. The molecule has 3 nitrogen and oxygen atoms in total. The van der Waals surface area contributed by atoms with Crippen molar-refractivity contribution in [2.75, 3.05) is 13.7 Å². The van der Waals surface area contributed by atoms with Crippen molar-refractivity contribution in [3.05, 3.63) is 0 Å². The number of methoxy groups -OCH3 is 1. The average Bonchev–Trinajstić information content (AvgIpc) is 3.09. The fourth-order valence-electron chi connectivity index (χ4n) is 9.66. The lowest BCUT2D eigenvalue weighted by molar-refractivity contribution is -0.164. The van der Waals surface area contributed by atoms with Gasteiger partial charge in [0.1, 0.15) is 0 Å². The normalized spacial score (nSPS) is 48.1. The zero-order valence-electron chi connectivity index (χ0n) is 21.9. The van der Waals surface area contributed by atoms with Crippen LogP contribution in [0.3, 0.4) is 0 Å². The predicted molar refractivity (Wildman–Crippen MR) is 131 cm³/mol. The highest BCUT2D eigenvalue weighted by molar-refractivity contribution is 5.11. The van der Waals surface area contributed by atoms with Gasteiger partial charge in [0.15, 0.2) is 0 Å². The molecule has 4 saturated carbocycles. The minimum atomic E-state index is -0.602. The fraction of sp³-hybridized carbons (Fsp3) is 1.00. The standard InChI is InChI=1S/C29H52O3/c1-19(2)7-12-26(30)20(3)23-10-11-24-22-9-8-21-17-29(31,18-32-6)16-15-27(21,4)25(22)13-14-28(23,24)5/h19-26,30-31H,7-18H2,1-6H3/t20-,21-,22-,23+,24-,25-,26?,27-,28+,29-/m0/s1. The van der Waals surface area contributed by atoms with Gasteiger partial charge in [-0.1, -0.05) is 34.6 Å². The van der Waals surface area contributed by atoms with Crippen molar-refractivity contribution in [3.63, 3.8) is 0 Å². The molecule has 32 heavy (non-hydrogen) atoms. The van der Waals surface area contributed by atoms with E-state index in [9.17, 15) is 10.2 Å². The van der Waals surface area contributed by atoms with Crippen LogP contribution in [-0.4, -0.2) is 35.6 Å². The Hall–Kier alpha value is -0.120. The van der Waals surface area contributed by atoms with Gasteiger partial charge in [0.25, 0.3) is 0 Å². The first-order chi connectivity index (χ1) is 15.0. The molecule has 0 aromatic carbocycles. The average molecular weight is 449 g/mol. The van der Waals surface area contributed by atoms with Crippen molar-refractivity contribution in [2.24, 2.45) is 52.3 Å². The molecular formula is C29H52O3. The molecule has 0 saturated heterocycles. The second-order valence-electron chi connectivity index (χ2n) is 13.6. The van der Waals surface area contributed by atoms with E-state index in [1.165, 1.54) is 38.5 Å². The Bertz CT molecular complexity index is 648. The van der Waals surface area contributed by atoms with Crippen molar-refractivity contribution in [1.82, 2.24) is 0 Å². The Kier molecular flexibility index (Phi) is 7.15. The van der Waals surface area contributed by atoms with Crippen LogP contribution in [0.2, 0.25) is 0 Å². The molecule has 4 aliphatic carbocycles. The summed E-state index contributed by atoms with van der Waals surface area (Å²) in [6.07, 6.45) is 13.0. The zero-order chi connectivity index (χ0) is 23.3. The summed E-state index contributed by atoms with van der Waals surface area (Å²) in [5.74, 6) is 4.94. The van der Waals surface area contributed by atoms with Crippen molar-refractivity contribution in [2.45, 2.75) is 117 Å². The minimum absolute atomic E-state index is 0.138. The molecule has 3 heteroatoms. The number of hydrogen-bond donors (Lipinski definition) is 2. The Morgan fingerprint density at radius 1 is 0.875 bits per heavy atom. The molecule has 1 unspecified atom stereocenters. The van der Waals surface area contributed by atoms with Crippen molar-refractivity contribution in [1.29, 1.82) is 0 Å². The molecule has 186 valence electrons. The third-order valence-corrected chi connectivity index (χ3v) is 11.6. The van der Waals surface area contributed by atoms with Crippen LogP contribution >= 0.6 is 0 Å². The summed E-state index contributed by atoms with van der Waals surface area (Å²) in [5, 5.41) is 22.1. The summed E-state index contributed by atoms with van der Waals surface area (Å²) in [5.41, 5.74) is 0.202. The SMILES string of the molecule is COC[C@]1(O)CC[C@@]2(C)[C@@H](CC[C@@H]3[C@@H]2CC[C@]2(C)[C@@H]([C@H](C)C(O)CCC(C)C)CC[C@@H]32)C1. The van der Waals surface area contributed by atoms with E-state index in [4.69, 9.17) is 4.74 Å². The van der Waals surface area contributed by atoms with Crippen LogP contribution in [0.5, 0.6) is 0 Å². The summed E-state index contributed by atoms with van der Waals surface area (Å²) in [6.45, 7) is 12.6. The molecule has 0 aromatic rings. The van der Waals surface area contributed by atoms with Gasteiger partial charge in [-0.3, -0.25) is 0 Å². The monoisotopic (exact) mass is 448 g/mol. The molecule has 4 rings (SSSR count). The second-order valence-corrected chi connectivity index (χ2v) is 13.6. The Morgan fingerprint density at radius 2 is 1.59 bits per heavy atom. The maximum absolute atomic E-state index is 11.1. The van der Waals surface area contributed by atoms with Crippen LogP contribution in [0.1, 0.15) is 105 Å². The lowest BCUT2D eigenvalue weighted by Crippen LogP contribution is -2.57. The van der Waals surface area contributed by atoms with E-state index in [2.05, 4.69) is 34.6 Å². The van der Waals surface area contributed by atoms with Gasteiger partial charge in [0.2, 0.25) is 0 Å². The summed E-state index contributed by atoms with van der Waals surface area (Å²) in [4.78, 5) is 0. The van der Waals surface area contributed by atoms with E-state index in [0.29, 0.717) is 41.1 Å². The van der Waals surface area contributed by atoms with Crippen LogP contribution in [0.25, 0.3) is 0 Å². The predicted octanol–water partition coefficient (Wildman–Crippen LogP) is 6.46. The quantitative estimate of drug-likeness (QED) is 0.470. The topological polar surface area (TPSA) is 49.7 Å². The lowest BCUT2D eigenvalue weighted by atomic mass is 9.43. The fourth-order valence-corrected chi connectivity index (χ4v) is 9.66. The van der Waals surface area contributed by atoms with Gasteiger partial charge in [-0.15, -0.1) is 0 Å². The third-order valence-electron chi connectivity index (χ3n) is 11.6. The van der Waals surface area contributed by atoms with Gasteiger partial charge >= 0.3 is 0 Å². The highest BCUT2D eigenvalue weighted by Gasteiger charge is 2.61. The molecule has 0 aromatic heterocycles. The van der Waals surface area contributed by atoms with Crippen LogP contribution in [0.4, 0.5) is 0 Å². The summed E-state index contributed by atoms with van der Waals surface area (Å²) >= 11 is 0. The first kappa shape index (κ1) is 25.0. The maximum Gasteiger partial charge on any atom is 0.0883 e. The highest BCUT2D eigenvalue weighted by atomic mass is 16.5. The van der Waals surface area contributed by atoms with Gasteiger partial charge in [-0.05, 0) is 123 Å². The number of fused-ring (bicyclic) bond motifs is 5. The highest BCUT2D eigenvalue weighted by Crippen LogP contribution is 2.68. The zero-order valence-corrected chi connectivity index (χ0v) is 21.9. The van der Waals surface area contributed by atoms with Crippen molar-refractivity contribution < 1.29 is 14.9 Å². The van der Waals surface area contributed by atoms with E-state index in [0.717, 1.165) is 49.9 Å².